The summed E-state index contributed by atoms with van der Waals surface area (Å²) in [6, 6.07) is 12.4. The lowest BCUT2D eigenvalue weighted by atomic mass is 10.1. The molecule has 0 saturated heterocycles. The van der Waals surface area contributed by atoms with E-state index in [1.807, 2.05) is 0 Å². The molecule has 0 amide bonds. The molecule has 28 heavy (non-hydrogen) atoms. The van der Waals surface area contributed by atoms with Crippen molar-refractivity contribution in [1.29, 1.82) is 0 Å². The third-order valence-corrected chi connectivity index (χ3v) is 4.48. The standard InChI is InChI=1S/C21H15F2N3O2/c1-21(22,23)13-3-2-4-14(10-13)25-19-16-7-8-24-11-17(16)15-6-5-12(20(27)28)9-18(15)26-19/h2-11H,1H3,(H,25,26)(H,27,28). The van der Waals surface area contributed by atoms with Gasteiger partial charge in [0.15, 0.2) is 0 Å². The summed E-state index contributed by atoms with van der Waals surface area (Å²) in [4.78, 5) is 20.0. The maximum atomic E-state index is 13.6. The Kier molecular flexibility index (Phi) is 4.15. The minimum atomic E-state index is -2.96. The van der Waals surface area contributed by atoms with Crippen LogP contribution in [0.1, 0.15) is 22.8 Å². The molecule has 7 heteroatoms. The number of hydrogen-bond acceptors (Lipinski definition) is 4. The van der Waals surface area contributed by atoms with E-state index >= 15 is 0 Å². The number of carbonyl (C=O) groups is 1. The van der Waals surface area contributed by atoms with Crippen molar-refractivity contribution in [3.8, 4) is 0 Å². The Bertz CT molecular complexity index is 1220. The van der Waals surface area contributed by atoms with Crippen LogP contribution in [0.5, 0.6) is 0 Å². The summed E-state index contributed by atoms with van der Waals surface area (Å²) in [7, 11) is 0. The molecule has 0 atom stereocenters. The lowest BCUT2D eigenvalue weighted by Gasteiger charge is -2.14. The van der Waals surface area contributed by atoms with Crippen LogP contribution in [0, 0.1) is 0 Å². The Balaban J connectivity index is 1.89. The van der Waals surface area contributed by atoms with Crippen LogP contribution in [0.15, 0.2) is 60.9 Å². The molecule has 2 aromatic carbocycles. The van der Waals surface area contributed by atoms with E-state index in [4.69, 9.17) is 0 Å². The molecule has 0 fully saturated rings. The minimum absolute atomic E-state index is 0.113. The Hall–Kier alpha value is -3.61. The fourth-order valence-electron chi connectivity index (χ4n) is 3.08. The van der Waals surface area contributed by atoms with Crippen molar-refractivity contribution in [2.75, 3.05) is 5.32 Å². The van der Waals surface area contributed by atoms with Crippen molar-refractivity contribution in [3.63, 3.8) is 0 Å². The van der Waals surface area contributed by atoms with Gasteiger partial charge in [0, 0.05) is 46.7 Å². The largest absolute Gasteiger partial charge is 0.478 e. The second-order valence-electron chi connectivity index (χ2n) is 6.51. The number of alkyl halides is 2. The molecule has 0 aliphatic heterocycles. The van der Waals surface area contributed by atoms with Gasteiger partial charge in [-0.05, 0) is 30.3 Å². The second-order valence-corrected chi connectivity index (χ2v) is 6.51. The number of nitrogens with one attached hydrogen (secondary N) is 1. The first-order chi connectivity index (χ1) is 13.3. The van der Waals surface area contributed by atoms with Crippen molar-refractivity contribution in [3.05, 3.63) is 72.1 Å². The highest BCUT2D eigenvalue weighted by molar-refractivity contribution is 6.11. The van der Waals surface area contributed by atoms with Crippen LogP contribution in [0.3, 0.4) is 0 Å². The lowest BCUT2D eigenvalue weighted by Crippen LogP contribution is -2.07. The number of pyridine rings is 2. The van der Waals surface area contributed by atoms with E-state index in [9.17, 15) is 18.7 Å². The number of benzene rings is 2. The number of aromatic carboxylic acids is 1. The molecular formula is C21H15F2N3O2. The summed E-state index contributed by atoms with van der Waals surface area (Å²) in [5, 5.41) is 14.6. The minimum Gasteiger partial charge on any atom is -0.478 e. The number of nitrogens with zero attached hydrogens (tertiary/aromatic N) is 2. The topological polar surface area (TPSA) is 75.1 Å². The fourth-order valence-corrected chi connectivity index (χ4v) is 3.08. The van der Waals surface area contributed by atoms with Gasteiger partial charge in [-0.2, -0.15) is 0 Å². The van der Waals surface area contributed by atoms with Gasteiger partial charge in [0.05, 0.1) is 11.1 Å². The Morgan fingerprint density at radius 1 is 1.07 bits per heavy atom. The molecule has 140 valence electrons. The van der Waals surface area contributed by atoms with Gasteiger partial charge in [0.1, 0.15) is 5.82 Å². The van der Waals surface area contributed by atoms with Crippen molar-refractivity contribution < 1.29 is 18.7 Å². The quantitative estimate of drug-likeness (QED) is 0.468. The molecule has 2 heterocycles. The van der Waals surface area contributed by atoms with Crippen LogP contribution in [0.2, 0.25) is 0 Å². The summed E-state index contributed by atoms with van der Waals surface area (Å²) in [6.45, 7) is 0.842. The van der Waals surface area contributed by atoms with Crippen molar-refractivity contribution >= 4 is 39.1 Å². The maximum Gasteiger partial charge on any atom is 0.335 e. The number of anilines is 2. The monoisotopic (exact) mass is 379 g/mol. The predicted molar refractivity (Wildman–Crippen MR) is 103 cm³/mol. The lowest BCUT2D eigenvalue weighted by molar-refractivity contribution is 0.0175. The van der Waals surface area contributed by atoms with Gasteiger partial charge in [-0.1, -0.05) is 18.2 Å². The van der Waals surface area contributed by atoms with E-state index in [2.05, 4.69) is 15.3 Å². The van der Waals surface area contributed by atoms with Gasteiger partial charge in [-0.25, -0.2) is 18.6 Å². The van der Waals surface area contributed by atoms with Gasteiger partial charge in [0.2, 0.25) is 0 Å². The highest BCUT2D eigenvalue weighted by atomic mass is 19.3. The smallest absolute Gasteiger partial charge is 0.335 e. The zero-order valence-corrected chi connectivity index (χ0v) is 14.8. The normalized spacial score (nSPS) is 11.7. The second kappa shape index (κ2) is 6.53. The Morgan fingerprint density at radius 2 is 1.89 bits per heavy atom. The van der Waals surface area contributed by atoms with E-state index in [1.165, 1.54) is 24.3 Å². The van der Waals surface area contributed by atoms with E-state index in [0.29, 0.717) is 17.0 Å². The fraction of sp³-hybridized carbons (Fsp3) is 0.0952. The third kappa shape index (κ3) is 3.22. The highest BCUT2D eigenvalue weighted by Crippen LogP contribution is 2.33. The molecule has 2 N–H and O–H groups in total. The third-order valence-electron chi connectivity index (χ3n) is 4.48. The summed E-state index contributed by atoms with van der Waals surface area (Å²) >= 11 is 0. The van der Waals surface area contributed by atoms with E-state index in [1.54, 1.807) is 36.7 Å². The molecule has 0 saturated carbocycles. The molecule has 2 aromatic heterocycles. The van der Waals surface area contributed by atoms with E-state index in [0.717, 1.165) is 23.1 Å². The number of carboxylic acids is 1. The number of halogens is 2. The average molecular weight is 379 g/mol. The van der Waals surface area contributed by atoms with Crippen LogP contribution < -0.4 is 5.32 Å². The van der Waals surface area contributed by atoms with Crippen LogP contribution in [-0.4, -0.2) is 21.0 Å². The number of aromatic nitrogens is 2. The number of hydrogen-bond donors (Lipinski definition) is 2. The molecule has 5 nitrogen and oxygen atoms in total. The average Bonchev–Trinajstić information content (AvgIpc) is 2.67. The van der Waals surface area contributed by atoms with Gasteiger partial charge in [0.25, 0.3) is 5.92 Å². The predicted octanol–water partition coefficient (Wildman–Crippen LogP) is 5.34. The summed E-state index contributed by atoms with van der Waals surface area (Å²) in [5.41, 5.74) is 0.928. The molecule has 0 aliphatic carbocycles. The molecule has 0 spiro atoms. The van der Waals surface area contributed by atoms with Gasteiger partial charge >= 0.3 is 5.97 Å². The van der Waals surface area contributed by atoms with Gasteiger partial charge < -0.3 is 10.4 Å². The summed E-state index contributed by atoms with van der Waals surface area (Å²) in [6.07, 6.45) is 3.28. The van der Waals surface area contributed by atoms with Crippen molar-refractivity contribution in [2.45, 2.75) is 12.8 Å². The zero-order valence-electron chi connectivity index (χ0n) is 14.8. The highest BCUT2D eigenvalue weighted by Gasteiger charge is 2.24. The molecule has 0 radical (unpaired) electrons. The van der Waals surface area contributed by atoms with E-state index < -0.39 is 11.9 Å². The number of carboxylic acid groups (broad SMARTS) is 1. The molecule has 0 unspecified atom stereocenters. The summed E-state index contributed by atoms with van der Waals surface area (Å²) < 4.78 is 27.3. The van der Waals surface area contributed by atoms with Crippen LogP contribution in [-0.2, 0) is 5.92 Å². The maximum absolute atomic E-state index is 13.6. The van der Waals surface area contributed by atoms with Crippen molar-refractivity contribution in [1.82, 2.24) is 9.97 Å². The first-order valence-electron chi connectivity index (χ1n) is 8.49. The molecular weight excluding hydrogens is 364 g/mol. The van der Waals surface area contributed by atoms with Crippen LogP contribution >= 0.6 is 0 Å². The van der Waals surface area contributed by atoms with Gasteiger partial charge in [-0.15, -0.1) is 0 Å². The first kappa shape index (κ1) is 17.8. The molecule has 0 bridgehead atoms. The molecule has 4 rings (SSSR count). The Morgan fingerprint density at radius 3 is 2.64 bits per heavy atom. The Labute approximate surface area is 158 Å². The number of rotatable bonds is 4. The van der Waals surface area contributed by atoms with Crippen LogP contribution in [0.25, 0.3) is 21.7 Å². The molecule has 0 aliphatic rings. The SMILES string of the molecule is CC(F)(F)c1cccc(Nc2nc3cc(C(=O)O)ccc3c3cnccc23)c1. The molecule has 4 aromatic rings. The number of fused-ring (bicyclic) bond motifs is 3. The summed E-state index contributed by atoms with van der Waals surface area (Å²) in [5.74, 6) is -3.58. The zero-order chi connectivity index (χ0) is 19.9. The van der Waals surface area contributed by atoms with Crippen LogP contribution in [0.4, 0.5) is 20.3 Å². The van der Waals surface area contributed by atoms with Gasteiger partial charge in [-0.3, -0.25) is 4.98 Å². The van der Waals surface area contributed by atoms with Crippen molar-refractivity contribution in [2.24, 2.45) is 0 Å². The van der Waals surface area contributed by atoms with E-state index in [-0.39, 0.29) is 11.1 Å². The first-order valence-corrected chi connectivity index (χ1v) is 8.49.